The Kier molecular flexibility index (Phi) is 6.45. The van der Waals surface area contributed by atoms with Gasteiger partial charge in [-0.15, -0.1) is 0 Å². The number of aryl methyl sites for hydroxylation is 1. The van der Waals surface area contributed by atoms with Crippen molar-refractivity contribution >= 4 is 46.2 Å². The normalized spacial score (nSPS) is 17.5. The van der Waals surface area contributed by atoms with Crippen molar-refractivity contribution in [2.75, 3.05) is 12.0 Å². The highest BCUT2D eigenvalue weighted by Gasteiger charge is 2.42. The Labute approximate surface area is 220 Å². The highest BCUT2D eigenvalue weighted by atomic mass is 35.5. The van der Waals surface area contributed by atoms with Gasteiger partial charge < -0.3 is 19.5 Å². The molecule has 4 aromatic rings. The highest BCUT2D eigenvalue weighted by Crippen LogP contribution is 2.44. The van der Waals surface area contributed by atoms with E-state index in [9.17, 15) is 0 Å². The number of anilines is 1. The minimum atomic E-state index is -0.149. The number of nitrogens with one attached hydrogen (secondary N) is 1. The molecule has 1 N–H and O–H groups in total. The van der Waals surface area contributed by atoms with E-state index in [0.29, 0.717) is 20.9 Å². The molecule has 1 fully saturated rings. The average molecular weight is 523 g/mol. The molecule has 178 valence electrons. The Morgan fingerprint density at radius 2 is 1.71 bits per heavy atom. The Hall–Kier alpha value is -3.06. The first-order chi connectivity index (χ1) is 16.9. The largest absolute Gasteiger partial charge is 0.495 e. The fourth-order valence-corrected chi connectivity index (χ4v) is 5.55. The van der Waals surface area contributed by atoms with Gasteiger partial charge in [-0.1, -0.05) is 29.3 Å². The van der Waals surface area contributed by atoms with Gasteiger partial charge in [-0.25, -0.2) is 0 Å². The lowest BCUT2D eigenvalue weighted by atomic mass is 9.96. The molecular formula is C27H24Cl2N4OS. The lowest BCUT2D eigenvalue weighted by Crippen LogP contribution is -2.29. The standard InChI is InChI=1S/C27H24Cl2N4OS/c1-16-14-21(17(2)32(16)19-9-7-18(28)8-10-19)26-25(23-6-4-5-13-30-23)31-27(35)33(26)20-11-12-24(34-3)22(29)15-20/h4-15,25-26H,1-3H3,(H,31,35)/t25-,26+/m1/s1. The molecule has 1 aliphatic heterocycles. The van der Waals surface area contributed by atoms with Crippen molar-refractivity contribution in [1.82, 2.24) is 14.9 Å². The molecule has 0 amide bonds. The van der Waals surface area contributed by atoms with Crippen molar-refractivity contribution in [3.05, 3.63) is 106 Å². The van der Waals surface area contributed by atoms with Crippen LogP contribution in [0.3, 0.4) is 0 Å². The number of rotatable bonds is 5. The first-order valence-corrected chi connectivity index (χ1v) is 12.3. The summed E-state index contributed by atoms with van der Waals surface area (Å²) in [5.74, 6) is 0.618. The summed E-state index contributed by atoms with van der Waals surface area (Å²) in [6.07, 6.45) is 1.81. The maximum atomic E-state index is 6.51. The summed E-state index contributed by atoms with van der Waals surface area (Å²) >= 11 is 18.5. The van der Waals surface area contributed by atoms with E-state index in [1.54, 1.807) is 13.3 Å². The van der Waals surface area contributed by atoms with Crippen molar-refractivity contribution in [2.24, 2.45) is 0 Å². The molecule has 1 saturated heterocycles. The molecule has 1 aliphatic rings. The van der Waals surface area contributed by atoms with Crippen molar-refractivity contribution in [3.63, 3.8) is 0 Å². The van der Waals surface area contributed by atoms with Gasteiger partial charge in [-0.2, -0.15) is 0 Å². The third-order valence-corrected chi connectivity index (χ3v) is 7.25. The maximum Gasteiger partial charge on any atom is 0.174 e. The zero-order valence-corrected chi connectivity index (χ0v) is 21.8. The molecule has 0 radical (unpaired) electrons. The van der Waals surface area contributed by atoms with Crippen LogP contribution in [0, 0.1) is 13.8 Å². The first kappa shape index (κ1) is 23.7. The lowest BCUT2D eigenvalue weighted by Gasteiger charge is -2.28. The van der Waals surface area contributed by atoms with Gasteiger partial charge in [0.2, 0.25) is 0 Å². The Morgan fingerprint density at radius 3 is 2.37 bits per heavy atom. The number of aromatic nitrogens is 2. The summed E-state index contributed by atoms with van der Waals surface area (Å²) in [6, 6.07) is 21.5. The van der Waals surface area contributed by atoms with Gasteiger partial charge in [0.25, 0.3) is 0 Å². The number of hydrogen-bond donors (Lipinski definition) is 1. The SMILES string of the molecule is COc1ccc(N2C(=S)N[C@H](c3ccccn3)[C@@H]2c2cc(C)n(-c3ccc(Cl)cc3)c2C)cc1Cl. The van der Waals surface area contributed by atoms with Gasteiger partial charge in [0, 0.05) is 34.0 Å². The molecule has 2 aromatic carbocycles. The van der Waals surface area contributed by atoms with Crippen molar-refractivity contribution < 1.29 is 4.74 Å². The van der Waals surface area contributed by atoms with Gasteiger partial charge in [0.1, 0.15) is 5.75 Å². The second-order valence-electron chi connectivity index (χ2n) is 8.45. The first-order valence-electron chi connectivity index (χ1n) is 11.2. The summed E-state index contributed by atoms with van der Waals surface area (Å²) < 4.78 is 7.60. The molecule has 35 heavy (non-hydrogen) atoms. The number of nitrogens with zero attached hydrogens (tertiary/aromatic N) is 3. The Balaban J connectivity index is 1.67. The number of thiocarbonyl (C=S) groups is 1. The van der Waals surface area contributed by atoms with E-state index in [1.165, 1.54) is 0 Å². The van der Waals surface area contributed by atoms with Crippen LogP contribution < -0.4 is 15.0 Å². The van der Waals surface area contributed by atoms with Gasteiger partial charge >= 0.3 is 0 Å². The summed E-state index contributed by atoms with van der Waals surface area (Å²) in [5.41, 5.74) is 6.23. The Bertz CT molecular complexity index is 1390. The van der Waals surface area contributed by atoms with Crippen LogP contribution in [0.1, 0.15) is 34.7 Å². The molecule has 0 bridgehead atoms. The number of methoxy groups -OCH3 is 1. The van der Waals surface area contributed by atoms with E-state index >= 15 is 0 Å². The molecule has 5 rings (SSSR count). The van der Waals surface area contributed by atoms with Crippen LogP contribution in [-0.4, -0.2) is 21.8 Å². The quantitative estimate of drug-likeness (QED) is 0.286. The number of pyridine rings is 1. The van der Waals surface area contributed by atoms with Crippen molar-refractivity contribution in [3.8, 4) is 11.4 Å². The smallest absolute Gasteiger partial charge is 0.174 e. The minimum absolute atomic E-state index is 0.144. The summed E-state index contributed by atoms with van der Waals surface area (Å²) in [7, 11) is 1.61. The van der Waals surface area contributed by atoms with Crippen molar-refractivity contribution in [1.29, 1.82) is 0 Å². The molecule has 2 aromatic heterocycles. The van der Waals surface area contributed by atoms with Crippen LogP contribution in [0.2, 0.25) is 10.0 Å². The molecule has 0 saturated carbocycles. The van der Waals surface area contributed by atoms with E-state index in [2.05, 4.69) is 39.7 Å². The van der Waals surface area contributed by atoms with E-state index < -0.39 is 0 Å². The molecule has 0 unspecified atom stereocenters. The van der Waals surface area contributed by atoms with Gasteiger partial charge in [-0.3, -0.25) is 4.98 Å². The minimum Gasteiger partial charge on any atom is -0.495 e. The van der Waals surface area contributed by atoms with Crippen LogP contribution in [0.25, 0.3) is 5.69 Å². The van der Waals surface area contributed by atoms with E-state index in [0.717, 1.165) is 34.0 Å². The third-order valence-electron chi connectivity index (χ3n) is 6.39. The molecule has 3 heterocycles. The topological polar surface area (TPSA) is 42.3 Å². The van der Waals surface area contributed by atoms with Gasteiger partial charge in [0.05, 0.1) is 29.9 Å². The molecule has 5 nitrogen and oxygen atoms in total. The summed E-state index contributed by atoms with van der Waals surface area (Å²) in [4.78, 5) is 6.77. The summed E-state index contributed by atoms with van der Waals surface area (Å²) in [6.45, 7) is 4.24. The van der Waals surface area contributed by atoms with Crippen LogP contribution in [0.4, 0.5) is 5.69 Å². The molecular weight excluding hydrogens is 499 g/mol. The second kappa shape index (κ2) is 9.53. The maximum absolute atomic E-state index is 6.51. The van der Waals surface area contributed by atoms with Crippen molar-refractivity contribution in [2.45, 2.75) is 25.9 Å². The zero-order chi connectivity index (χ0) is 24.7. The Morgan fingerprint density at radius 1 is 0.971 bits per heavy atom. The third kappa shape index (κ3) is 4.27. The monoisotopic (exact) mass is 522 g/mol. The van der Waals surface area contributed by atoms with E-state index in [-0.39, 0.29) is 12.1 Å². The lowest BCUT2D eigenvalue weighted by molar-refractivity contribution is 0.415. The second-order valence-corrected chi connectivity index (χ2v) is 9.68. The van der Waals surface area contributed by atoms with Gasteiger partial charge in [-0.05, 0) is 92.3 Å². The molecule has 8 heteroatoms. The fraction of sp³-hybridized carbons (Fsp3) is 0.185. The van der Waals surface area contributed by atoms with Gasteiger partial charge in [0.15, 0.2) is 5.11 Å². The molecule has 2 atom stereocenters. The highest BCUT2D eigenvalue weighted by molar-refractivity contribution is 7.80. The molecule has 0 aliphatic carbocycles. The predicted molar refractivity (Wildman–Crippen MR) is 146 cm³/mol. The van der Waals surface area contributed by atoms with E-state index in [1.807, 2.05) is 60.7 Å². The van der Waals surface area contributed by atoms with Crippen LogP contribution in [0.15, 0.2) is 72.9 Å². The van der Waals surface area contributed by atoms with Crippen LogP contribution in [-0.2, 0) is 0 Å². The number of ether oxygens (including phenoxy) is 1. The fourth-order valence-electron chi connectivity index (χ4n) is 4.83. The van der Waals surface area contributed by atoms with Crippen LogP contribution in [0.5, 0.6) is 5.75 Å². The number of halogens is 2. The average Bonchev–Trinajstić information content (AvgIpc) is 3.35. The summed E-state index contributed by atoms with van der Waals surface area (Å²) in [5, 5.41) is 5.36. The molecule has 0 spiro atoms. The number of hydrogen-bond acceptors (Lipinski definition) is 3. The van der Waals surface area contributed by atoms with Crippen LogP contribution >= 0.6 is 35.4 Å². The predicted octanol–water partition coefficient (Wildman–Crippen LogP) is 6.98. The van der Waals surface area contributed by atoms with E-state index in [4.69, 9.17) is 40.2 Å². The number of benzene rings is 2. The zero-order valence-electron chi connectivity index (χ0n) is 19.5.